The maximum Gasteiger partial charge on any atom is 0.343 e. The molecule has 0 fully saturated rings. The Labute approximate surface area is 300 Å². The molecule has 0 aliphatic rings. The Hall–Kier alpha value is -5.81. The highest BCUT2D eigenvalue weighted by Gasteiger charge is 2.14. The molecule has 0 radical (unpaired) electrons. The Morgan fingerprint density at radius 1 is 0.824 bits per heavy atom. The van der Waals surface area contributed by atoms with Crippen LogP contribution in [0.2, 0.25) is 0 Å². The summed E-state index contributed by atoms with van der Waals surface area (Å²) in [6.45, 7) is 8.19. The highest BCUT2D eigenvalue weighted by molar-refractivity contribution is 7.22. The van der Waals surface area contributed by atoms with Gasteiger partial charge in [0.2, 0.25) is 5.13 Å². The van der Waals surface area contributed by atoms with E-state index >= 15 is 0 Å². The number of nitrogens with one attached hydrogen (secondary N) is 1. The van der Waals surface area contributed by atoms with Crippen molar-refractivity contribution in [2.75, 3.05) is 25.2 Å². The minimum atomic E-state index is -0.559. The van der Waals surface area contributed by atoms with E-state index in [0.717, 1.165) is 40.6 Å². The Balaban J connectivity index is 1.28. The van der Waals surface area contributed by atoms with Crippen LogP contribution in [0, 0.1) is 0 Å². The lowest BCUT2D eigenvalue weighted by atomic mass is 10.0. The molecule has 51 heavy (non-hydrogen) atoms. The van der Waals surface area contributed by atoms with Crippen LogP contribution in [-0.2, 0) is 14.3 Å². The largest absolute Gasteiger partial charge is 0.493 e. The smallest absolute Gasteiger partial charge is 0.343 e. The van der Waals surface area contributed by atoms with Crippen LogP contribution in [0.15, 0.2) is 108 Å². The first-order chi connectivity index (χ1) is 24.8. The molecule has 4 aromatic carbocycles. The standard InChI is InChI=1S/C40H39N3O7S/c1-4-5-8-22-49-38(45)29-14-12-28(13-15-29)31-18-21-35(32(25-31)26-41-43-40-42-34-10-6-7-11-36(34)51-40)50-39(46)30-16-19-33(20-17-30)47-23-9-24-48-37(44)27(2)3/h6-7,10-21,25-26H,2,4-5,8-9,22-24H2,1,3H3,(H,42,43)/b41-26+. The van der Waals surface area contributed by atoms with Crippen LogP contribution < -0.4 is 14.9 Å². The van der Waals surface area contributed by atoms with Crippen molar-refractivity contribution >= 4 is 50.8 Å². The Morgan fingerprint density at radius 3 is 2.27 bits per heavy atom. The summed E-state index contributed by atoms with van der Waals surface area (Å²) < 4.78 is 23.0. The van der Waals surface area contributed by atoms with E-state index in [1.165, 1.54) is 11.3 Å². The van der Waals surface area contributed by atoms with E-state index in [2.05, 4.69) is 29.0 Å². The van der Waals surface area contributed by atoms with Crippen LogP contribution in [0.4, 0.5) is 5.13 Å². The summed E-state index contributed by atoms with van der Waals surface area (Å²) in [6, 6.07) is 27.0. The topological polar surface area (TPSA) is 125 Å². The number of aromatic nitrogens is 1. The van der Waals surface area contributed by atoms with Gasteiger partial charge >= 0.3 is 17.9 Å². The third kappa shape index (κ3) is 10.6. The third-order valence-electron chi connectivity index (χ3n) is 7.53. The Morgan fingerprint density at radius 2 is 1.53 bits per heavy atom. The van der Waals surface area contributed by atoms with E-state index < -0.39 is 11.9 Å². The molecule has 262 valence electrons. The Kier molecular flexibility index (Phi) is 13.1. The lowest BCUT2D eigenvalue weighted by Crippen LogP contribution is -2.10. The van der Waals surface area contributed by atoms with E-state index in [0.29, 0.717) is 58.5 Å². The van der Waals surface area contributed by atoms with Crippen molar-refractivity contribution in [3.63, 3.8) is 0 Å². The predicted octanol–water partition coefficient (Wildman–Crippen LogP) is 8.86. The molecule has 1 aromatic heterocycles. The first-order valence-corrected chi connectivity index (χ1v) is 17.5. The van der Waals surface area contributed by atoms with E-state index in [-0.39, 0.29) is 12.6 Å². The van der Waals surface area contributed by atoms with Gasteiger partial charge in [-0.3, -0.25) is 5.43 Å². The monoisotopic (exact) mass is 705 g/mol. The van der Waals surface area contributed by atoms with Crippen molar-refractivity contribution in [2.45, 2.75) is 39.5 Å². The zero-order valence-electron chi connectivity index (χ0n) is 28.6. The number of thiazole rings is 1. The molecule has 5 aromatic rings. The number of unbranched alkanes of at least 4 members (excludes halogenated alkanes) is 2. The number of carbonyl (C=O) groups excluding carboxylic acids is 3. The van der Waals surface area contributed by atoms with Crippen molar-refractivity contribution in [1.82, 2.24) is 4.98 Å². The second-order valence-corrected chi connectivity index (χ2v) is 12.6. The number of para-hydroxylation sites is 1. The summed E-state index contributed by atoms with van der Waals surface area (Å²) in [5.41, 5.74) is 7.22. The van der Waals surface area contributed by atoms with Gasteiger partial charge in [-0.05, 0) is 85.1 Å². The maximum atomic E-state index is 13.2. The fraction of sp³-hybridized carbons (Fsp3) is 0.225. The third-order valence-corrected chi connectivity index (χ3v) is 8.48. The molecular formula is C40H39N3O7S. The van der Waals surface area contributed by atoms with Gasteiger partial charge in [0.05, 0.1) is 47.4 Å². The average Bonchev–Trinajstić information content (AvgIpc) is 3.57. The number of esters is 3. The van der Waals surface area contributed by atoms with E-state index in [9.17, 15) is 14.4 Å². The van der Waals surface area contributed by atoms with Gasteiger partial charge in [0.15, 0.2) is 0 Å². The van der Waals surface area contributed by atoms with Crippen molar-refractivity contribution in [3.05, 3.63) is 120 Å². The molecule has 1 N–H and O–H groups in total. The molecule has 0 aliphatic carbocycles. The SMILES string of the molecule is C=C(C)C(=O)OCCCOc1ccc(C(=O)Oc2ccc(-c3ccc(C(=O)OCCCCC)cc3)cc2/C=N/Nc2nc3ccccc3s2)cc1. The number of carbonyl (C=O) groups is 3. The maximum absolute atomic E-state index is 13.2. The molecule has 0 saturated heterocycles. The summed E-state index contributed by atoms with van der Waals surface area (Å²) in [6.07, 6.45) is 4.99. The van der Waals surface area contributed by atoms with Crippen molar-refractivity contribution < 1.29 is 33.3 Å². The Bertz CT molecular complexity index is 1970. The van der Waals surface area contributed by atoms with E-state index in [1.807, 2.05) is 48.5 Å². The minimum absolute atomic E-state index is 0.218. The second kappa shape index (κ2) is 18.3. The van der Waals surface area contributed by atoms with Crippen LogP contribution in [-0.4, -0.2) is 48.9 Å². The molecule has 0 atom stereocenters. The van der Waals surface area contributed by atoms with Crippen molar-refractivity contribution in [1.29, 1.82) is 0 Å². The van der Waals surface area contributed by atoms with Gasteiger partial charge in [-0.2, -0.15) is 5.10 Å². The molecule has 10 nitrogen and oxygen atoms in total. The van der Waals surface area contributed by atoms with E-state index in [4.69, 9.17) is 18.9 Å². The molecule has 11 heteroatoms. The van der Waals surface area contributed by atoms with Crippen LogP contribution in [0.3, 0.4) is 0 Å². The van der Waals surface area contributed by atoms with Gasteiger partial charge in [-0.1, -0.05) is 68.0 Å². The minimum Gasteiger partial charge on any atom is -0.493 e. The summed E-state index contributed by atoms with van der Waals surface area (Å²) in [4.78, 5) is 41.7. The summed E-state index contributed by atoms with van der Waals surface area (Å²) in [5, 5.41) is 5.02. The first kappa shape index (κ1) is 36.5. The van der Waals surface area contributed by atoms with Crippen LogP contribution in [0.1, 0.15) is 65.8 Å². The van der Waals surface area contributed by atoms with Gasteiger partial charge in [0, 0.05) is 17.6 Å². The summed E-state index contributed by atoms with van der Waals surface area (Å²) in [7, 11) is 0. The first-order valence-electron chi connectivity index (χ1n) is 16.6. The molecule has 0 saturated carbocycles. The number of ether oxygens (including phenoxy) is 4. The average molecular weight is 706 g/mol. The highest BCUT2D eigenvalue weighted by atomic mass is 32.1. The molecule has 0 spiro atoms. The van der Waals surface area contributed by atoms with Gasteiger partial charge in [0.25, 0.3) is 0 Å². The summed E-state index contributed by atoms with van der Waals surface area (Å²) in [5.74, 6) is -0.481. The van der Waals surface area contributed by atoms with Crippen molar-refractivity contribution in [3.8, 4) is 22.6 Å². The summed E-state index contributed by atoms with van der Waals surface area (Å²) >= 11 is 1.47. The number of nitrogens with zero attached hydrogens (tertiary/aromatic N) is 2. The number of fused-ring (bicyclic) bond motifs is 1. The van der Waals surface area contributed by atoms with E-state index in [1.54, 1.807) is 55.6 Å². The molecule has 1 heterocycles. The van der Waals surface area contributed by atoms with Gasteiger partial charge < -0.3 is 18.9 Å². The quantitative estimate of drug-likeness (QED) is 0.0252. The molecular weight excluding hydrogens is 667 g/mol. The molecule has 0 aliphatic heterocycles. The lowest BCUT2D eigenvalue weighted by Gasteiger charge is -2.11. The molecule has 0 bridgehead atoms. The van der Waals surface area contributed by atoms with Gasteiger partial charge in [-0.15, -0.1) is 0 Å². The van der Waals surface area contributed by atoms with Crippen LogP contribution in [0.5, 0.6) is 11.5 Å². The van der Waals surface area contributed by atoms with Crippen LogP contribution in [0.25, 0.3) is 21.3 Å². The second-order valence-electron chi connectivity index (χ2n) is 11.6. The van der Waals surface area contributed by atoms with Gasteiger partial charge in [0.1, 0.15) is 11.5 Å². The molecule has 0 unspecified atom stereocenters. The lowest BCUT2D eigenvalue weighted by molar-refractivity contribution is -0.139. The van der Waals surface area contributed by atoms with Crippen molar-refractivity contribution in [2.24, 2.45) is 5.10 Å². The number of hydrogen-bond acceptors (Lipinski definition) is 11. The molecule has 5 rings (SSSR count). The fourth-order valence-electron chi connectivity index (χ4n) is 4.78. The predicted molar refractivity (Wildman–Crippen MR) is 200 cm³/mol. The zero-order valence-corrected chi connectivity index (χ0v) is 29.4. The number of hydrazone groups is 1. The molecule has 0 amide bonds. The normalized spacial score (nSPS) is 10.9. The fourth-order valence-corrected chi connectivity index (χ4v) is 5.60. The van der Waals surface area contributed by atoms with Crippen LogP contribution >= 0.6 is 11.3 Å². The zero-order chi connectivity index (χ0) is 36.0. The van der Waals surface area contributed by atoms with Gasteiger partial charge in [-0.25, -0.2) is 19.4 Å². The highest BCUT2D eigenvalue weighted by Crippen LogP contribution is 2.29. The number of anilines is 1. The number of rotatable bonds is 17. The number of benzene rings is 4. The number of hydrogen-bond donors (Lipinski definition) is 1.